The number of para-hydroxylation sites is 1. The molecule has 0 unspecified atom stereocenters. The molecule has 0 spiro atoms. The summed E-state index contributed by atoms with van der Waals surface area (Å²) >= 11 is 0. The van der Waals surface area contributed by atoms with Gasteiger partial charge in [0.2, 0.25) is 0 Å². The van der Waals surface area contributed by atoms with Gasteiger partial charge in [-0.2, -0.15) is 5.10 Å². The molecule has 0 atom stereocenters. The third-order valence-corrected chi connectivity index (χ3v) is 5.17. The van der Waals surface area contributed by atoms with Crippen molar-refractivity contribution in [2.75, 3.05) is 32.5 Å². The molecule has 1 saturated heterocycles. The number of carbonyl (C=O) groups excluding carboxylic acids is 1. The van der Waals surface area contributed by atoms with E-state index in [9.17, 15) is 4.79 Å². The lowest BCUT2D eigenvalue weighted by Crippen LogP contribution is -2.42. The lowest BCUT2D eigenvalue weighted by atomic mass is 9.98. The maximum absolute atomic E-state index is 12.3. The van der Waals surface area contributed by atoms with Gasteiger partial charge in [0, 0.05) is 18.7 Å². The molecule has 1 aliphatic rings. The van der Waals surface area contributed by atoms with Crippen molar-refractivity contribution in [3.8, 4) is 22.6 Å². The summed E-state index contributed by atoms with van der Waals surface area (Å²) in [6.07, 6.45) is 1.47. The van der Waals surface area contributed by atoms with Crippen LogP contribution in [-0.2, 0) is 4.74 Å². The number of carbonyl (C=O) groups is 1. The smallest absolute Gasteiger partial charge is 0.410 e. The Labute approximate surface area is 177 Å². The first-order valence-electron chi connectivity index (χ1n) is 10.3. The molecule has 8 nitrogen and oxygen atoms in total. The summed E-state index contributed by atoms with van der Waals surface area (Å²) in [5.41, 5.74) is 8.09. The van der Waals surface area contributed by atoms with Crippen molar-refractivity contribution < 1.29 is 19.0 Å². The molecule has 3 N–H and O–H groups in total. The first-order chi connectivity index (χ1) is 14.2. The van der Waals surface area contributed by atoms with Crippen molar-refractivity contribution >= 4 is 11.9 Å². The van der Waals surface area contributed by atoms with E-state index in [0.29, 0.717) is 42.9 Å². The fourth-order valence-electron chi connectivity index (χ4n) is 3.62. The third-order valence-electron chi connectivity index (χ3n) is 5.17. The molecule has 1 aromatic carbocycles. The maximum atomic E-state index is 12.3. The minimum absolute atomic E-state index is 0.250. The highest BCUT2D eigenvalue weighted by Gasteiger charge is 2.28. The molecule has 1 aromatic heterocycles. The number of methoxy groups -OCH3 is 1. The average Bonchev–Trinajstić information content (AvgIpc) is 3.03. The number of H-pyrrole nitrogens is 1. The van der Waals surface area contributed by atoms with E-state index in [1.807, 2.05) is 45.9 Å². The first-order valence-corrected chi connectivity index (χ1v) is 10.3. The molecule has 1 aliphatic heterocycles. The predicted octanol–water partition coefficient (Wildman–Crippen LogP) is 4.00. The van der Waals surface area contributed by atoms with Crippen molar-refractivity contribution in [2.45, 2.75) is 46.1 Å². The number of nitrogens with zero attached hydrogens (tertiary/aromatic N) is 2. The predicted molar refractivity (Wildman–Crippen MR) is 116 cm³/mol. The van der Waals surface area contributed by atoms with Gasteiger partial charge in [-0.3, -0.25) is 5.10 Å². The molecule has 0 bridgehead atoms. The number of anilines is 1. The fraction of sp³-hybridized carbons (Fsp3) is 0.545. The number of ether oxygens (including phenoxy) is 3. The summed E-state index contributed by atoms with van der Waals surface area (Å²) in [6, 6.07) is 5.74. The zero-order valence-corrected chi connectivity index (χ0v) is 18.4. The molecular weight excluding hydrogens is 384 g/mol. The normalized spacial score (nSPS) is 15.2. The van der Waals surface area contributed by atoms with E-state index in [1.165, 1.54) is 0 Å². The van der Waals surface area contributed by atoms with Crippen molar-refractivity contribution in [2.24, 2.45) is 5.92 Å². The van der Waals surface area contributed by atoms with Gasteiger partial charge in [-0.15, -0.1) is 0 Å². The molecule has 2 aromatic rings. The van der Waals surface area contributed by atoms with Crippen LogP contribution < -0.4 is 15.2 Å². The standard InChI is InChI=1S/C22H32N4O4/c1-14-18(20(23)25-24-14)16-7-6-8-17(28-5)19(16)29-13-15-9-11-26(12-10-15)21(27)30-22(2,3)4/h6-8,15H,9-13H2,1-5H3,(H3,23,24,25). The largest absolute Gasteiger partial charge is 0.493 e. The molecule has 8 heteroatoms. The van der Waals surface area contributed by atoms with Crippen molar-refractivity contribution in [3.05, 3.63) is 23.9 Å². The summed E-state index contributed by atoms with van der Waals surface area (Å²) in [5.74, 6) is 2.14. The Bertz CT molecular complexity index is 860. The zero-order chi connectivity index (χ0) is 21.9. The van der Waals surface area contributed by atoms with E-state index in [4.69, 9.17) is 19.9 Å². The van der Waals surface area contributed by atoms with Gasteiger partial charge in [0.15, 0.2) is 11.5 Å². The summed E-state index contributed by atoms with van der Waals surface area (Å²) in [5, 5.41) is 7.01. The Hall–Kier alpha value is -2.90. The Morgan fingerprint density at radius 1 is 1.30 bits per heavy atom. The minimum Gasteiger partial charge on any atom is -0.493 e. The molecule has 3 rings (SSSR count). The number of aromatic amines is 1. The van der Waals surface area contributed by atoms with Crippen LogP contribution >= 0.6 is 0 Å². The Balaban J connectivity index is 1.67. The molecule has 0 aliphatic carbocycles. The van der Waals surface area contributed by atoms with E-state index < -0.39 is 5.60 Å². The molecule has 0 radical (unpaired) electrons. The second-order valence-electron chi connectivity index (χ2n) is 8.66. The van der Waals surface area contributed by atoms with E-state index in [-0.39, 0.29) is 6.09 Å². The maximum Gasteiger partial charge on any atom is 0.410 e. The monoisotopic (exact) mass is 416 g/mol. The average molecular weight is 417 g/mol. The molecule has 2 heterocycles. The van der Waals surface area contributed by atoms with Crippen molar-refractivity contribution in [1.29, 1.82) is 0 Å². The summed E-state index contributed by atoms with van der Waals surface area (Å²) < 4.78 is 17.3. The number of aryl methyl sites for hydroxylation is 1. The topological polar surface area (TPSA) is 103 Å². The molecule has 164 valence electrons. The van der Waals surface area contributed by atoms with Crippen LogP contribution in [0.1, 0.15) is 39.3 Å². The fourth-order valence-corrected chi connectivity index (χ4v) is 3.62. The lowest BCUT2D eigenvalue weighted by Gasteiger charge is -2.33. The summed E-state index contributed by atoms with van der Waals surface area (Å²) in [7, 11) is 1.62. The second-order valence-corrected chi connectivity index (χ2v) is 8.66. The molecular formula is C22H32N4O4. The number of nitrogens with one attached hydrogen (secondary N) is 1. The van der Waals surface area contributed by atoms with Gasteiger partial charge in [0.25, 0.3) is 0 Å². The Morgan fingerprint density at radius 2 is 2.00 bits per heavy atom. The van der Waals surface area contributed by atoms with Gasteiger partial charge < -0.3 is 24.8 Å². The first kappa shape index (κ1) is 21.8. The van der Waals surface area contributed by atoms with Crippen molar-refractivity contribution in [1.82, 2.24) is 15.1 Å². The van der Waals surface area contributed by atoms with Gasteiger partial charge in [-0.25, -0.2) is 4.79 Å². The molecule has 1 fully saturated rings. The molecule has 30 heavy (non-hydrogen) atoms. The van der Waals surface area contributed by atoms with Crippen LogP contribution in [0.5, 0.6) is 11.5 Å². The SMILES string of the molecule is COc1cccc(-c2c(C)n[nH]c2N)c1OCC1CCN(C(=O)OC(C)(C)C)CC1. The number of piperidine rings is 1. The number of likely N-dealkylation sites (tertiary alicyclic amines) is 1. The number of amides is 1. The van der Waals surface area contributed by atoms with E-state index in [0.717, 1.165) is 29.7 Å². The Morgan fingerprint density at radius 3 is 2.57 bits per heavy atom. The number of nitrogens with two attached hydrogens (primary N) is 1. The van der Waals surface area contributed by atoms with Gasteiger partial charge in [-0.1, -0.05) is 12.1 Å². The highest BCUT2D eigenvalue weighted by molar-refractivity contribution is 5.82. The summed E-state index contributed by atoms with van der Waals surface area (Å²) in [4.78, 5) is 14.0. The van der Waals surface area contributed by atoms with Crippen molar-refractivity contribution in [3.63, 3.8) is 0 Å². The van der Waals surface area contributed by atoms with Crippen LogP contribution in [0.4, 0.5) is 10.6 Å². The molecule has 0 saturated carbocycles. The van der Waals surface area contributed by atoms with E-state index >= 15 is 0 Å². The van der Waals surface area contributed by atoms with E-state index in [1.54, 1.807) is 12.0 Å². The molecule has 1 amide bonds. The van der Waals surface area contributed by atoms with Crippen LogP contribution in [0.25, 0.3) is 11.1 Å². The number of benzene rings is 1. The van der Waals surface area contributed by atoms with Crippen LogP contribution in [0.2, 0.25) is 0 Å². The van der Waals surface area contributed by atoms with Gasteiger partial charge in [0.05, 0.1) is 25.0 Å². The minimum atomic E-state index is -0.482. The lowest BCUT2D eigenvalue weighted by molar-refractivity contribution is 0.0164. The van der Waals surface area contributed by atoms with Gasteiger partial charge in [0.1, 0.15) is 11.4 Å². The Kier molecular flexibility index (Phi) is 6.43. The number of aromatic nitrogens is 2. The third kappa shape index (κ3) is 4.98. The highest BCUT2D eigenvalue weighted by Crippen LogP contribution is 2.41. The second kappa shape index (κ2) is 8.85. The van der Waals surface area contributed by atoms with Crippen LogP contribution in [0.15, 0.2) is 18.2 Å². The van der Waals surface area contributed by atoms with E-state index in [2.05, 4.69) is 10.2 Å². The summed E-state index contributed by atoms with van der Waals surface area (Å²) in [6.45, 7) is 9.40. The van der Waals surface area contributed by atoms with Crippen LogP contribution in [0, 0.1) is 12.8 Å². The zero-order valence-electron chi connectivity index (χ0n) is 18.4. The number of hydrogen-bond acceptors (Lipinski definition) is 6. The number of hydrogen-bond donors (Lipinski definition) is 2. The number of nitrogen functional groups attached to an aromatic ring is 1. The highest BCUT2D eigenvalue weighted by atomic mass is 16.6. The van der Waals surface area contributed by atoms with Crippen LogP contribution in [-0.4, -0.2) is 53.6 Å². The quantitative estimate of drug-likeness (QED) is 0.764. The van der Waals surface area contributed by atoms with Gasteiger partial charge in [-0.05, 0) is 52.5 Å². The van der Waals surface area contributed by atoms with Gasteiger partial charge >= 0.3 is 6.09 Å². The van der Waals surface area contributed by atoms with Crippen LogP contribution in [0.3, 0.4) is 0 Å². The number of rotatable bonds is 5.